The summed E-state index contributed by atoms with van der Waals surface area (Å²) >= 11 is 0. The molecule has 2 aromatic carbocycles. The third-order valence-electron chi connectivity index (χ3n) is 3.34. The van der Waals surface area contributed by atoms with Crippen LogP contribution in [0.5, 0.6) is 0 Å². The predicted molar refractivity (Wildman–Crippen MR) is 83.7 cm³/mol. The first-order valence-corrected chi connectivity index (χ1v) is 7.01. The molecule has 0 spiro atoms. The molecule has 0 amide bonds. The fourth-order valence-electron chi connectivity index (χ4n) is 2.14. The Labute approximate surface area is 120 Å². The smallest absolute Gasteiger partial charge is 0.0622 e. The van der Waals surface area contributed by atoms with Gasteiger partial charge < -0.3 is 0 Å². The van der Waals surface area contributed by atoms with Gasteiger partial charge in [-0.25, -0.2) is 0 Å². The van der Waals surface area contributed by atoms with Gasteiger partial charge in [0.1, 0.15) is 10.8 Å². The van der Waals surface area contributed by atoms with E-state index in [0.717, 1.165) is 17.8 Å². The van der Waals surface area contributed by atoms with E-state index in [-0.39, 0.29) is 0 Å². The van der Waals surface area contributed by atoms with E-state index >= 15 is 0 Å². The second kappa shape index (κ2) is 6.83. The van der Waals surface area contributed by atoms with Crippen molar-refractivity contribution in [3.63, 3.8) is 0 Å². The van der Waals surface area contributed by atoms with Crippen molar-refractivity contribution in [2.75, 3.05) is 0 Å². The Morgan fingerprint density at radius 1 is 1.05 bits per heavy atom. The number of aryl methyl sites for hydroxylation is 1. The fourth-order valence-corrected chi connectivity index (χ4v) is 2.14. The second-order valence-corrected chi connectivity index (χ2v) is 5.29. The highest BCUT2D eigenvalue weighted by Crippen LogP contribution is 2.18. The summed E-state index contributed by atoms with van der Waals surface area (Å²) in [5, 5.41) is 4.28. The molecule has 0 radical (unpaired) electrons. The molecule has 1 atom stereocenters. The molecule has 2 aromatic rings. The Morgan fingerprint density at radius 2 is 1.70 bits per heavy atom. The lowest BCUT2D eigenvalue weighted by Gasteiger charge is -2.06. The molecule has 1 unspecified atom stereocenters. The number of nitrogens with zero attached hydrogens (tertiary/aromatic N) is 2. The van der Waals surface area contributed by atoms with Crippen molar-refractivity contribution in [2.24, 2.45) is 5.11 Å². The van der Waals surface area contributed by atoms with E-state index in [1.807, 2.05) is 25.1 Å². The first-order chi connectivity index (χ1) is 9.65. The minimum atomic E-state index is 0.466. The van der Waals surface area contributed by atoms with Gasteiger partial charge in [0.2, 0.25) is 0 Å². The Balaban J connectivity index is 2.05. The number of rotatable bonds is 4. The molecule has 0 saturated heterocycles. The molecular weight excluding hydrogens is 244 g/mol. The Bertz CT molecular complexity index is 606. The van der Waals surface area contributed by atoms with Crippen molar-refractivity contribution in [3.05, 3.63) is 65.7 Å². The Morgan fingerprint density at radius 3 is 2.35 bits per heavy atom. The van der Waals surface area contributed by atoms with Crippen LogP contribution in [0.25, 0.3) is 0 Å². The van der Waals surface area contributed by atoms with Gasteiger partial charge in [-0.1, -0.05) is 55.0 Å². The van der Waals surface area contributed by atoms with Crippen LogP contribution in [-0.4, -0.2) is 10.5 Å². The molecule has 0 bridgehead atoms. The fraction of sp³-hybridized carbons (Fsp3) is 0.278. The minimum absolute atomic E-state index is 0.466. The maximum atomic E-state index is 4.33. The molecule has 0 aliphatic rings. The first-order valence-electron chi connectivity index (χ1n) is 7.01. The van der Waals surface area contributed by atoms with Gasteiger partial charge in [0.25, 0.3) is 0 Å². The average Bonchev–Trinajstić information content (AvgIpc) is 2.47. The van der Waals surface area contributed by atoms with E-state index in [1.54, 1.807) is 0 Å². The average molecular weight is 265 g/mol. The van der Waals surface area contributed by atoms with Gasteiger partial charge in [-0.2, -0.15) is 0 Å². The van der Waals surface area contributed by atoms with Crippen molar-refractivity contribution in [2.45, 2.75) is 33.1 Å². The maximum absolute atomic E-state index is 4.33. The Kier molecular flexibility index (Phi) is 4.86. The zero-order valence-corrected chi connectivity index (χ0v) is 12.4. The van der Waals surface area contributed by atoms with Crippen LogP contribution in [0.4, 0.5) is 5.69 Å². The molecule has 0 heterocycles. The van der Waals surface area contributed by atoms with Crippen LogP contribution in [0.1, 0.15) is 37.3 Å². The summed E-state index contributed by atoms with van der Waals surface area (Å²) in [6.07, 6.45) is 0.930. The lowest BCUT2D eigenvalue weighted by atomic mass is 9.96. The SMILES string of the molecule is CC(CC(C)c1ccccc1)=[N+]=Nc1ccc(C)cc1. The Hall–Kier alpha value is -2.18. The highest BCUT2D eigenvalue weighted by atomic mass is 15.0. The summed E-state index contributed by atoms with van der Waals surface area (Å²) in [5.74, 6) is 0.466. The van der Waals surface area contributed by atoms with Gasteiger partial charge in [0.15, 0.2) is 0 Å². The number of hydrogen-bond donors (Lipinski definition) is 0. The van der Waals surface area contributed by atoms with Gasteiger partial charge in [-0.15, -0.1) is 0 Å². The number of hydrogen-bond acceptors (Lipinski definition) is 1. The standard InChI is InChI=1S/C18H21N2/c1-14-9-11-18(12-10-14)20-19-16(3)13-15(2)17-7-5-4-6-8-17/h4-12,15H,13H2,1-3H3/q+1. The summed E-state index contributed by atoms with van der Waals surface area (Å²) in [6.45, 7) is 6.33. The number of benzene rings is 2. The van der Waals surface area contributed by atoms with E-state index < -0.39 is 0 Å². The van der Waals surface area contributed by atoms with E-state index in [4.69, 9.17) is 0 Å². The lowest BCUT2D eigenvalue weighted by Crippen LogP contribution is -2.01. The van der Waals surface area contributed by atoms with Gasteiger partial charge in [0.05, 0.1) is 11.2 Å². The van der Waals surface area contributed by atoms with Gasteiger partial charge in [0, 0.05) is 6.92 Å². The van der Waals surface area contributed by atoms with Crippen LogP contribution in [0, 0.1) is 6.92 Å². The van der Waals surface area contributed by atoms with E-state index in [2.05, 4.69) is 60.1 Å². The monoisotopic (exact) mass is 265 g/mol. The van der Waals surface area contributed by atoms with Gasteiger partial charge >= 0.3 is 5.71 Å². The van der Waals surface area contributed by atoms with Crippen LogP contribution in [0.3, 0.4) is 0 Å². The highest BCUT2D eigenvalue weighted by Gasteiger charge is 2.12. The molecule has 0 aliphatic carbocycles. The van der Waals surface area contributed by atoms with Crippen LogP contribution >= 0.6 is 0 Å². The molecule has 0 saturated carbocycles. The van der Waals surface area contributed by atoms with Crippen LogP contribution < -0.4 is 0 Å². The van der Waals surface area contributed by atoms with E-state index in [0.29, 0.717) is 5.92 Å². The summed E-state index contributed by atoms with van der Waals surface area (Å²) < 4.78 is 0. The van der Waals surface area contributed by atoms with Crippen molar-refractivity contribution >= 4 is 11.4 Å². The molecular formula is C18H21N2+. The molecule has 2 rings (SSSR count). The van der Waals surface area contributed by atoms with Crippen molar-refractivity contribution in [1.82, 2.24) is 0 Å². The molecule has 20 heavy (non-hydrogen) atoms. The lowest BCUT2D eigenvalue weighted by molar-refractivity contribution is -0.0808. The van der Waals surface area contributed by atoms with Crippen molar-refractivity contribution in [3.8, 4) is 0 Å². The van der Waals surface area contributed by atoms with E-state index in [1.165, 1.54) is 11.1 Å². The van der Waals surface area contributed by atoms with Gasteiger partial charge in [-0.3, -0.25) is 0 Å². The third-order valence-corrected chi connectivity index (χ3v) is 3.34. The quantitative estimate of drug-likeness (QED) is 0.425. The summed E-state index contributed by atoms with van der Waals surface area (Å²) in [5.41, 5.74) is 4.55. The summed E-state index contributed by atoms with van der Waals surface area (Å²) in [4.78, 5) is 4.33. The van der Waals surface area contributed by atoms with Crippen molar-refractivity contribution in [1.29, 1.82) is 0 Å². The largest absolute Gasteiger partial charge is 0.316 e. The van der Waals surface area contributed by atoms with Crippen LogP contribution in [0.2, 0.25) is 0 Å². The third kappa shape index (κ3) is 4.18. The molecule has 0 fully saturated rings. The maximum Gasteiger partial charge on any atom is 0.316 e. The summed E-state index contributed by atoms with van der Waals surface area (Å²) in [7, 11) is 0. The molecule has 102 valence electrons. The van der Waals surface area contributed by atoms with E-state index in [9.17, 15) is 0 Å². The first kappa shape index (κ1) is 14.2. The molecule has 0 aliphatic heterocycles. The topological polar surface area (TPSA) is 26.5 Å². The zero-order chi connectivity index (χ0) is 14.4. The molecule has 2 heteroatoms. The second-order valence-electron chi connectivity index (χ2n) is 5.29. The summed E-state index contributed by atoms with van der Waals surface area (Å²) in [6, 6.07) is 18.6. The van der Waals surface area contributed by atoms with Crippen molar-refractivity contribution < 1.29 is 4.79 Å². The predicted octanol–water partition coefficient (Wildman–Crippen LogP) is 4.94. The normalized spacial score (nSPS) is 11.6. The molecule has 2 nitrogen and oxygen atoms in total. The molecule has 0 N–H and O–H groups in total. The highest BCUT2D eigenvalue weighted by molar-refractivity contribution is 5.77. The zero-order valence-electron chi connectivity index (χ0n) is 12.4. The van der Waals surface area contributed by atoms with Crippen LogP contribution in [0.15, 0.2) is 59.7 Å². The minimum Gasteiger partial charge on any atom is -0.0622 e. The van der Waals surface area contributed by atoms with Gasteiger partial charge in [-0.05, 0) is 30.5 Å². The van der Waals surface area contributed by atoms with Crippen LogP contribution in [-0.2, 0) is 0 Å². The molecule has 0 aromatic heterocycles.